The molecule has 0 aliphatic carbocycles. The van der Waals surface area contributed by atoms with E-state index in [0.717, 1.165) is 11.3 Å². The van der Waals surface area contributed by atoms with Gasteiger partial charge in [-0.15, -0.1) is 0 Å². The molecular weight excluding hydrogens is 396 g/mol. The van der Waals surface area contributed by atoms with Crippen molar-refractivity contribution in [1.82, 2.24) is 4.90 Å². The summed E-state index contributed by atoms with van der Waals surface area (Å²) in [6.45, 7) is 6.46. The van der Waals surface area contributed by atoms with Crippen LogP contribution in [0.1, 0.15) is 25.8 Å². The molecule has 0 unspecified atom stereocenters. The van der Waals surface area contributed by atoms with Crippen molar-refractivity contribution in [2.75, 3.05) is 32.6 Å². The summed E-state index contributed by atoms with van der Waals surface area (Å²) in [5.74, 6) is 1.70. The fourth-order valence-corrected chi connectivity index (χ4v) is 3.74. The first-order valence-electron chi connectivity index (χ1n) is 10.4. The van der Waals surface area contributed by atoms with Gasteiger partial charge in [0.1, 0.15) is 23.5 Å². The number of carbonyl (C=O) groups is 1. The number of hydrogen-bond acceptors (Lipinski definition) is 6. The Hall–Kier alpha value is -2.93. The molecule has 1 heterocycles. The van der Waals surface area contributed by atoms with Gasteiger partial charge in [-0.25, -0.2) is 0 Å². The number of anilines is 1. The number of nitrogens with one attached hydrogen (secondary N) is 1. The molecule has 0 saturated carbocycles. The zero-order valence-electron chi connectivity index (χ0n) is 18.8. The highest BCUT2D eigenvalue weighted by atomic mass is 16.5. The number of β-amino-alcohol motifs (C(OH)–C–C–N with tert-alkyl or cyclic N) is 1. The zero-order chi connectivity index (χ0) is 22.6. The summed E-state index contributed by atoms with van der Waals surface area (Å²) in [5, 5.41) is 14.0. The smallest absolute Gasteiger partial charge is 0.247 e. The summed E-state index contributed by atoms with van der Waals surface area (Å²) in [4.78, 5) is 14.8. The van der Waals surface area contributed by atoms with Crippen LogP contribution in [0.4, 0.5) is 5.69 Å². The van der Waals surface area contributed by atoms with Crippen LogP contribution in [0.2, 0.25) is 0 Å². The summed E-state index contributed by atoms with van der Waals surface area (Å²) in [7, 11) is 3.14. The van der Waals surface area contributed by atoms with Crippen molar-refractivity contribution >= 4 is 11.6 Å². The number of hydrogen-bond donors (Lipinski definition) is 2. The van der Waals surface area contributed by atoms with Gasteiger partial charge in [-0.2, -0.15) is 0 Å². The van der Waals surface area contributed by atoms with Gasteiger partial charge in [-0.3, -0.25) is 4.79 Å². The van der Waals surface area contributed by atoms with E-state index in [2.05, 4.69) is 5.32 Å². The molecule has 0 aromatic heterocycles. The van der Waals surface area contributed by atoms with Crippen molar-refractivity contribution < 1.29 is 24.1 Å². The number of aliphatic hydroxyl groups is 1. The molecular formula is C24H32N2O5. The van der Waals surface area contributed by atoms with Crippen LogP contribution in [-0.4, -0.2) is 61.0 Å². The Morgan fingerprint density at radius 2 is 1.77 bits per heavy atom. The maximum atomic E-state index is 13.1. The van der Waals surface area contributed by atoms with Crippen LogP contribution in [0.25, 0.3) is 0 Å². The molecule has 1 amide bonds. The fraction of sp³-hybridized carbons (Fsp3) is 0.458. The number of aryl methyl sites for hydroxylation is 1. The van der Waals surface area contributed by atoms with Crippen molar-refractivity contribution in [3.05, 3.63) is 48.0 Å². The number of benzene rings is 2. The molecule has 2 aromatic carbocycles. The van der Waals surface area contributed by atoms with Gasteiger partial charge in [-0.1, -0.05) is 17.7 Å². The van der Waals surface area contributed by atoms with Crippen molar-refractivity contribution in [3.63, 3.8) is 0 Å². The molecule has 31 heavy (non-hydrogen) atoms. The fourth-order valence-electron chi connectivity index (χ4n) is 3.74. The van der Waals surface area contributed by atoms with Crippen molar-refractivity contribution in [2.24, 2.45) is 0 Å². The lowest BCUT2D eigenvalue weighted by molar-refractivity contribution is -0.140. The second kappa shape index (κ2) is 9.47. The van der Waals surface area contributed by atoms with Gasteiger partial charge in [0.05, 0.1) is 20.8 Å². The van der Waals surface area contributed by atoms with Crippen molar-refractivity contribution in [3.8, 4) is 17.2 Å². The number of methoxy groups -OCH3 is 2. The third kappa shape index (κ3) is 5.41. The molecule has 7 heteroatoms. The monoisotopic (exact) mass is 428 g/mol. The quantitative estimate of drug-likeness (QED) is 0.705. The number of nitrogens with zero attached hydrogens (tertiary/aromatic N) is 1. The number of ether oxygens (including phenoxy) is 3. The number of aliphatic hydroxyl groups excluding tert-OH is 1. The van der Waals surface area contributed by atoms with E-state index in [9.17, 15) is 9.90 Å². The highest BCUT2D eigenvalue weighted by Gasteiger charge is 2.38. The van der Waals surface area contributed by atoms with E-state index >= 15 is 0 Å². The molecule has 168 valence electrons. The summed E-state index contributed by atoms with van der Waals surface area (Å²) < 4.78 is 16.5. The normalized spacial score (nSPS) is 19.0. The maximum Gasteiger partial charge on any atom is 0.247 e. The minimum atomic E-state index is -0.800. The Morgan fingerprint density at radius 1 is 1.10 bits per heavy atom. The number of carbonyl (C=O) groups excluding carboxylic acids is 1. The van der Waals surface area contributed by atoms with E-state index in [1.54, 1.807) is 37.3 Å². The van der Waals surface area contributed by atoms with Crippen LogP contribution in [0.15, 0.2) is 42.5 Å². The molecule has 7 nitrogen and oxygen atoms in total. The van der Waals surface area contributed by atoms with E-state index in [1.807, 2.05) is 45.0 Å². The lowest BCUT2D eigenvalue weighted by atomic mass is 9.98. The summed E-state index contributed by atoms with van der Waals surface area (Å²) in [5.41, 5.74) is 1.25. The average molecular weight is 429 g/mol. The molecule has 1 aliphatic heterocycles. The number of amides is 1. The van der Waals surface area contributed by atoms with E-state index in [0.29, 0.717) is 30.2 Å². The second-order valence-electron chi connectivity index (χ2n) is 8.40. The van der Waals surface area contributed by atoms with Crippen molar-refractivity contribution in [1.29, 1.82) is 0 Å². The Bertz CT molecular complexity index is 897. The molecule has 1 aliphatic rings. The van der Waals surface area contributed by atoms with Crippen LogP contribution in [0.5, 0.6) is 17.2 Å². The molecule has 0 spiro atoms. The van der Waals surface area contributed by atoms with Gasteiger partial charge in [-0.05, 0) is 45.0 Å². The van der Waals surface area contributed by atoms with Crippen LogP contribution < -0.4 is 19.5 Å². The SMILES string of the molecule is COc1ccc(O[C@@H]2CCN(C(=O)C(C)(C)Nc3ccc(C)cc3)C[C@H]2O)cc1OC. The van der Waals surface area contributed by atoms with Gasteiger partial charge in [0.15, 0.2) is 11.5 Å². The molecule has 1 saturated heterocycles. The van der Waals surface area contributed by atoms with E-state index in [-0.39, 0.29) is 12.5 Å². The minimum absolute atomic E-state index is 0.0586. The highest BCUT2D eigenvalue weighted by molar-refractivity contribution is 5.88. The molecule has 1 fully saturated rings. The van der Waals surface area contributed by atoms with Gasteiger partial charge >= 0.3 is 0 Å². The molecule has 2 N–H and O–H groups in total. The first kappa shape index (κ1) is 22.7. The predicted molar refractivity (Wildman–Crippen MR) is 120 cm³/mol. The first-order valence-corrected chi connectivity index (χ1v) is 10.4. The third-order valence-electron chi connectivity index (χ3n) is 5.49. The van der Waals surface area contributed by atoms with Crippen LogP contribution in [-0.2, 0) is 4.79 Å². The maximum absolute atomic E-state index is 13.1. The Balaban J connectivity index is 1.61. The molecule has 0 radical (unpaired) electrons. The van der Waals surface area contributed by atoms with Gasteiger partial charge in [0, 0.05) is 24.7 Å². The molecule has 2 atom stereocenters. The van der Waals surface area contributed by atoms with E-state index in [4.69, 9.17) is 14.2 Å². The highest BCUT2D eigenvalue weighted by Crippen LogP contribution is 2.32. The first-order chi connectivity index (χ1) is 14.7. The largest absolute Gasteiger partial charge is 0.493 e. The lowest BCUT2D eigenvalue weighted by Gasteiger charge is -2.40. The summed E-state index contributed by atoms with van der Waals surface area (Å²) >= 11 is 0. The van der Waals surface area contributed by atoms with Crippen LogP contribution in [0, 0.1) is 6.92 Å². The van der Waals surface area contributed by atoms with E-state index in [1.165, 1.54) is 0 Å². The molecule has 0 bridgehead atoms. The Kier molecular flexibility index (Phi) is 6.95. The standard InChI is InChI=1S/C24H32N2O5/c1-16-6-8-17(9-7-16)25-24(2,3)23(28)26-13-12-20(19(27)15-26)31-18-10-11-21(29-4)22(14-18)30-5/h6-11,14,19-20,25,27H,12-13,15H2,1-5H3/t19-,20-/m1/s1. The van der Waals surface area contributed by atoms with Gasteiger partial charge in [0.2, 0.25) is 5.91 Å². The predicted octanol–water partition coefficient (Wildman–Crippen LogP) is 3.24. The molecule has 3 rings (SSSR count). The Morgan fingerprint density at radius 3 is 2.39 bits per heavy atom. The van der Waals surface area contributed by atoms with Crippen LogP contribution in [0.3, 0.4) is 0 Å². The second-order valence-corrected chi connectivity index (χ2v) is 8.40. The topological polar surface area (TPSA) is 80.3 Å². The lowest BCUT2D eigenvalue weighted by Crippen LogP contribution is -2.57. The van der Waals surface area contributed by atoms with Gasteiger partial charge < -0.3 is 29.5 Å². The zero-order valence-corrected chi connectivity index (χ0v) is 18.8. The molecule has 2 aromatic rings. The van der Waals surface area contributed by atoms with Crippen LogP contribution >= 0.6 is 0 Å². The average Bonchev–Trinajstić information content (AvgIpc) is 2.76. The number of likely N-dealkylation sites (tertiary alicyclic amines) is 1. The Labute approximate surface area is 183 Å². The summed E-state index contributed by atoms with van der Waals surface area (Å²) in [6.07, 6.45) is -0.668. The van der Waals surface area contributed by atoms with Crippen molar-refractivity contribution in [2.45, 2.75) is 44.9 Å². The number of piperidine rings is 1. The van der Waals surface area contributed by atoms with Gasteiger partial charge in [0.25, 0.3) is 0 Å². The third-order valence-corrected chi connectivity index (χ3v) is 5.49. The summed E-state index contributed by atoms with van der Waals surface area (Å²) in [6, 6.07) is 13.2. The number of rotatable bonds is 7. The minimum Gasteiger partial charge on any atom is -0.493 e. The van der Waals surface area contributed by atoms with E-state index < -0.39 is 17.7 Å².